The Hall–Kier alpha value is -2.02. The molecule has 0 amide bonds. The number of aryl methyl sites for hydroxylation is 1. The van der Waals surface area contributed by atoms with Crippen LogP contribution in [0.15, 0.2) is 48.5 Å². The van der Waals surface area contributed by atoms with Crippen molar-refractivity contribution in [2.45, 2.75) is 33.1 Å². The fourth-order valence-electron chi connectivity index (χ4n) is 2.34. The van der Waals surface area contributed by atoms with E-state index < -0.39 is 0 Å². The molecule has 0 fully saturated rings. The molecule has 2 aromatic carbocycles. The Bertz CT molecular complexity index is 576. The maximum atomic E-state index is 5.22. The molecule has 0 atom stereocenters. The molecule has 2 aromatic rings. The van der Waals surface area contributed by atoms with Gasteiger partial charge in [-0.25, -0.2) is 0 Å². The average molecular weight is 280 g/mol. The first-order chi connectivity index (χ1) is 10.2. The molecule has 0 saturated heterocycles. The fourth-order valence-corrected chi connectivity index (χ4v) is 2.34. The molecule has 0 spiro atoms. The predicted octanol–water partition coefficient (Wildman–Crippen LogP) is 5.73. The minimum absolute atomic E-state index is 0.901. The van der Waals surface area contributed by atoms with Gasteiger partial charge >= 0.3 is 0 Å². The minimum atomic E-state index is 0.901. The Balaban J connectivity index is 2.29. The molecule has 0 aliphatic rings. The van der Waals surface area contributed by atoms with Crippen molar-refractivity contribution in [2.24, 2.45) is 0 Å². The summed E-state index contributed by atoms with van der Waals surface area (Å²) < 4.78 is 5.22. The number of unbranched alkanes of at least 4 members (excludes halogenated alkanes) is 1. The van der Waals surface area contributed by atoms with Gasteiger partial charge in [-0.15, -0.1) is 0 Å². The van der Waals surface area contributed by atoms with Crippen molar-refractivity contribution in [1.82, 2.24) is 0 Å². The Morgan fingerprint density at radius 1 is 1.00 bits per heavy atom. The molecule has 1 heteroatoms. The number of benzene rings is 2. The molecule has 0 aromatic heterocycles. The van der Waals surface area contributed by atoms with E-state index in [-0.39, 0.29) is 0 Å². The second-order valence-electron chi connectivity index (χ2n) is 5.41. The highest BCUT2D eigenvalue weighted by Gasteiger charge is 2.02. The molecule has 110 valence electrons. The van der Waals surface area contributed by atoms with Gasteiger partial charge in [0, 0.05) is 0 Å². The molecule has 0 radical (unpaired) electrons. The summed E-state index contributed by atoms with van der Waals surface area (Å²) in [6, 6.07) is 17.1. The highest BCUT2D eigenvalue weighted by atomic mass is 16.5. The number of hydrogen-bond acceptors (Lipinski definition) is 1. The lowest BCUT2D eigenvalue weighted by Crippen LogP contribution is -1.87. The van der Waals surface area contributed by atoms with Gasteiger partial charge in [0.05, 0.1) is 7.11 Å². The van der Waals surface area contributed by atoms with Crippen LogP contribution in [0.4, 0.5) is 0 Å². The van der Waals surface area contributed by atoms with Gasteiger partial charge in [-0.05, 0) is 48.6 Å². The predicted molar refractivity (Wildman–Crippen MR) is 91.6 cm³/mol. The summed E-state index contributed by atoms with van der Waals surface area (Å²) in [4.78, 5) is 0. The van der Waals surface area contributed by atoms with Gasteiger partial charge in [0.25, 0.3) is 0 Å². The third-order valence-electron chi connectivity index (χ3n) is 3.68. The van der Waals surface area contributed by atoms with Crippen LogP contribution in [0.25, 0.3) is 11.6 Å². The van der Waals surface area contributed by atoms with E-state index in [0.717, 1.165) is 12.2 Å². The van der Waals surface area contributed by atoms with Gasteiger partial charge in [0.15, 0.2) is 0 Å². The third kappa shape index (κ3) is 4.49. The lowest BCUT2D eigenvalue weighted by atomic mass is 9.97. The smallest absolute Gasteiger partial charge is 0.118 e. The lowest BCUT2D eigenvalue weighted by molar-refractivity contribution is 0.415. The van der Waals surface area contributed by atoms with Crippen molar-refractivity contribution in [3.05, 3.63) is 65.2 Å². The summed E-state index contributed by atoms with van der Waals surface area (Å²) in [7, 11) is 1.70. The van der Waals surface area contributed by atoms with Crippen LogP contribution in [0.5, 0.6) is 5.75 Å². The first kappa shape index (κ1) is 15.4. The Morgan fingerprint density at radius 2 is 1.67 bits per heavy atom. The number of hydrogen-bond donors (Lipinski definition) is 0. The van der Waals surface area contributed by atoms with Gasteiger partial charge in [0.1, 0.15) is 5.75 Å². The van der Waals surface area contributed by atoms with E-state index >= 15 is 0 Å². The van der Waals surface area contributed by atoms with Crippen LogP contribution in [0.1, 0.15) is 42.9 Å². The second kappa shape index (κ2) is 7.68. The third-order valence-corrected chi connectivity index (χ3v) is 3.68. The maximum absolute atomic E-state index is 5.22. The van der Waals surface area contributed by atoms with Crippen molar-refractivity contribution in [3.63, 3.8) is 0 Å². The molecule has 0 unspecified atom stereocenters. The van der Waals surface area contributed by atoms with E-state index in [9.17, 15) is 0 Å². The Labute approximate surface area is 128 Å². The zero-order valence-electron chi connectivity index (χ0n) is 13.2. The number of allylic oxidation sites excluding steroid dienone is 1. The van der Waals surface area contributed by atoms with E-state index in [2.05, 4.69) is 56.3 Å². The first-order valence-electron chi connectivity index (χ1n) is 7.64. The van der Waals surface area contributed by atoms with Crippen LogP contribution in [0.3, 0.4) is 0 Å². The minimum Gasteiger partial charge on any atom is -0.497 e. The van der Waals surface area contributed by atoms with Crippen LogP contribution in [-0.2, 0) is 0 Å². The second-order valence-corrected chi connectivity index (χ2v) is 5.41. The highest BCUT2D eigenvalue weighted by Crippen LogP contribution is 2.25. The topological polar surface area (TPSA) is 9.23 Å². The van der Waals surface area contributed by atoms with Crippen molar-refractivity contribution >= 4 is 11.6 Å². The van der Waals surface area contributed by atoms with Crippen LogP contribution < -0.4 is 4.74 Å². The molecule has 0 heterocycles. The van der Waals surface area contributed by atoms with Crippen LogP contribution >= 0.6 is 0 Å². The monoisotopic (exact) mass is 280 g/mol. The van der Waals surface area contributed by atoms with E-state index in [1.54, 1.807) is 7.11 Å². The van der Waals surface area contributed by atoms with Gasteiger partial charge in [-0.1, -0.05) is 61.4 Å². The molecular formula is C20H24O. The number of ether oxygens (including phenoxy) is 1. The molecule has 1 nitrogen and oxygen atoms in total. The maximum Gasteiger partial charge on any atom is 0.118 e. The van der Waals surface area contributed by atoms with E-state index in [4.69, 9.17) is 4.74 Å². The van der Waals surface area contributed by atoms with E-state index in [0.29, 0.717) is 0 Å². The summed E-state index contributed by atoms with van der Waals surface area (Å²) >= 11 is 0. The largest absolute Gasteiger partial charge is 0.497 e. The van der Waals surface area contributed by atoms with Crippen molar-refractivity contribution in [1.29, 1.82) is 0 Å². The molecular weight excluding hydrogens is 256 g/mol. The summed E-state index contributed by atoms with van der Waals surface area (Å²) in [5.74, 6) is 0.901. The Morgan fingerprint density at radius 3 is 2.24 bits per heavy atom. The lowest BCUT2D eigenvalue weighted by Gasteiger charge is -2.09. The van der Waals surface area contributed by atoms with Crippen molar-refractivity contribution in [3.8, 4) is 5.75 Å². The van der Waals surface area contributed by atoms with Crippen LogP contribution in [-0.4, -0.2) is 7.11 Å². The van der Waals surface area contributed by atoms with Gasteiger partial charge in [-0.3, -0.25) is 0 Å². The molecule has 0 aliphatic heterocycles. The fraction of sp³-hybridized carbons (Fsp3) is 0.300. The normalized spacial score (nSPS) is 11.5. The van der Waals surface area contributed by atoms with Gasteiger partial charge in [-0.2, -0.15) is 0 Å². The van der Waals surface area contributed by atoms with Crippen molar-refractivity contribution < 1.29 is 4.74 Å². The first-order valence-corrected chi connectivity index (χ1v) is 7.64. The van der Waals surface area contributed by atoms with Crippen LogP contribution in [0, 0.1) is 6.92 Å². The zero-order chi connectivity index (χ0) is 15.1. The molecule has 0 N–H and O–H groups in total. The molecule has 2 rings (SSSR count). The molecule has 21 heavy (non-hydrogen) atoms. The summed E-state index contributed by atoms with van der Waals surface area (Å²) in [6.45, 7) is 4.36. The molecule has 0 aliphatic carbocycles. The van der Waals surface area contributed by atoms with Gasteiger partial charge < -0.3 is 4.74 Å². The standard InChI is InChI=1S/C20H24O/c1-4-5-6-19(18-11-7-16(2)8-12-18)15-17-9-13-20(21-3)14-10-17/h7-15H,4-6H2,1-3H3/b19-15+. The average Bonchev–Trinajstić information content (AvgIpc) is 2.53. The van der Waals surface area contributed by atoms with Gasteiger partial charge in [0.2, 0.25) is 0 Å². The number of methoxy groups -OCH3 is 1. The SMILES string of the molecule is CCCC/C(=C\c1ccc(OC)cc1)c1ccc(C)cc1. The van der Waals surface area contributed by atoms with Crippen LogP contribution in [0.2, 0.25) is 0 Å². The highest BCUT2D eigenvalue weighted by molar-refractivity contribution is 5.81. The summed E-state index contributed by atoms with van der Waals surface area (Å²) in [5, 5.41) is 0. The zero-order valence-corrected chi connectivity index (χ0v) is 13.2. The quantitative estimate of drug-likeness (QED) is 0.613. The summed E-state index contributed by atoms with van der Waals surface area (Å²) in [5.41, 5.74) is 5.26. The summed E-state index contributed by atoms with van der Waals surface area (Å²) in [6.07, 6.45) is 5.84. The van der Waals surface area contributed by atoms with E-state index in [1.165, 1.54) is 35.1 Å². The Kier molecular flexibility index (Phi) is 5.62. The van der Waals surface area contributed by atoms with Crippen molar-refractivity contribution in [2.75, 3.05) is 7.11 Å². The van der Waals surface area contributed by atoms with E-state index in [1.807, 2.05) is 12.1 Å². The molecule has 0 saturated carbocycles. The number of rotatable bonds is 6. The molecule has 0 bridgehead atoms.